The van der Waals surface area contributed by atoms with Crippen molar-refractivity contribution in [1.82, 2.24) is 0 Å². The third-order valence-corrected chi connectivity index (χ3v) is 2.89. The van der Waals surface area contributed by atoms with Gasteiger partial charge in [0.1, 0.15) is 11.5 Å². The fraction of sp³-hybridized carbons (Fsp3) is 0.538. The molecule has 1 aliphatic heterocycles. The first kappa shape index (κ1) is 11.3. The Morgan fingerprint density at radius 2 is 2.06 bits per heavy atom. The Morgan fingerprint density at radius 3 is 2.75 bits per heavy atom. The predicted molar refractivity (Wildman–Crippen MR) is 61.8 cm³/mol. The zero-order chi connectivity index (χ0) is 11.5. The van der Waals surface area contributed by atoms with Gasteiger partial charge in [0.2, 0.25) is 0 Å². The molecule has 88 valence electrons. The molecule has 0 radical (unpaired) electrons. The molecule has 3 heteroatoms. The summed E-state index contributed by atoms with van der Waals surface area (Å²) >= 11 is 0. The number of hydrogen-bond acceptors (Lipinski definition) is 3. The zero-order valence-electron chi connectivity index (χ0n) is 9.82. The lowest BCUT2D eigenvalue weighted by Gasteiger charge is -2.24. The van der Waals surface area contributed by atoms with Gasteiger partial charge in [-0.25, -0.2) is 0 Å². The van der Waals surface area contributed by atoms with E-state index in [1.807, 2.05) is 19.9 Å². The van der Waals surface area contributed by atoms with Crippen molar-refractivity contribution in [3.8, 4) is 11.5 Å². The molecule has 1 aliphatic rings. The summed E-state index contributed by atoms with van der Waals surface area (Å²) in [5, 5.41) is 9.54. The fourth-order valence-corrected chi connectivity index (χ4v) is 1.85. The fourth-order valence-electron chi connectivity index (χ4n) is 1.85. The number of ether oxygens (including phenoxy) is 2. The summed E-state index contributed by atoms with van der Waals surface area (Å²) in [5.41, 5.74) is 1.77. The average Bonchev–Trinajstić information content (AvgIpc) is 2.27. The van der Waals surface area contributed by atoms with Gasteiger partial charge >= 0.3 is 0 Å². The highest BCUT2D eigenvalue weighted by Crippen LogP contribution is 2.28. The van der Waals surface area contributed by atoms with Crippen LogP contribution in [0.3, 0.4) is 0 Å². The number of phenols is 1. The van der Waals surface area contributed by atoms with Crippen LogP contribution in [-0.4, -0.2) is 18.0 Å². The third-order valence-electron chi connectivity index (χ3n) is 2.89. The Hall–Kier alpha value is -1.22. The van der Waals surface area contributed by atoms with Crippen LogP contribution < -0.4 is 4.74 Å². The summed E-state index contributed by atoms with van der Waals surface area (Å²) < 4.78 is 11.3. The molecule has 0 amide bonds. The van der Waals surface area contributed by atoms with Crippen LogP contribution in [0.1, 0.15) is 30.4 Å². The van der Waals surface area contributed by atoms with Crippen molar-refractivity contribution >= 4 is 0 Å². The minimum Gasteiger partial charge on any atom is -0.508 e. The van der Waals surface area contributed by atoms with E-state index in [4.69, 9.17) is 9.47 Å². The number of aryl methyl sites for hydroxylation is 2. The average molecular weight is 222 g/mol. The zero-order valence-corrected chi connectivity index (χ0v) is 9.82. The summed E-state index contributed by atoms with van der Waals surface area (Å²) in [7, 11) is 0. The minimum atomic E-state index is -0.128. The molecule has 1 aromatic carbocycles. The Balaban J connectivity index is 2.11. The van der Waals surface area contributed by atoms with Crippen molar-refractivity contribution in [2.45, 2.75) is 39.4 Å². The van der Waals surface area contributed by atoms with Gasteiger partial charge in [0.05, 0.1) is 6.61 Å². The summed E-state index contributed by atoms with van der Waals surface area (Å²) in [6.07, 6.45) is 3.09. The molecule has 3 nitrogen and oxygen atoms in total. The van der Waals surface area contributed by atoms with Crippen molar-refractivity contribution in [1.29, 1.82) is 0 Å². The van der Waals surface area contributed by atoms with E-state index in [0.717, 1.165) is 42.7 Å². The molecule has 1 fully saturated rings. The van der Waals surface area contributed by atoms with Crippen LogP contribution in [0.15, 0.2) is 12.1 Å². The standard InChI is InChI=1S/C13H18O3/c1-9-8-12(10(2)7-11(9)14)16-13-5-3-4-6-15-13/h7-8,13-14H,3-6H2,1-2H3. The Labute approximate surface area is 96.0 Å². The van der Waals surface area contributed by atoms with E-state index >= 15 is 0 Å². The smallest absolute Gasteiger partial charge is 0.199 e. The maximum atomic E-state index is 9.54. The molecule has 1 N–H and O–H groups in total. The molecule has 0 saturated carbocycles. The molecule has 2 rings (SSSR count). The minimum absolute atomic E-state index is 0.128. The molecule has 1 unspecified atom stereocenters. The molecule has 0 spiro atoms. The van der Waals surface area contributed by atoms with Gasteiger partial charge in [-0.2, -0.15) is 0 Å². The van der Waals surface area contributed by atoms with Gasteiger partial charge in [-0.3, -0.25) is 0 Å². The second-order valence-electron chi connectivity index (χ2n) is 4.32. The Kier molecular flexibility index (Phi) is 3.34. The first-order chi connectivity index (χ1) is 7.66. The van der Waals surface area contributed by atoms with E-state index in [1.54, 1.807) is 6.07 Å². The summed E-state index contributed by atoms with van der Waals surface area (Å²) in [6, 6.07) is 3.59. The van der Waals surface area contributed by atoms with E-state index in [0.29, 0.717) is 5.75 Å². The second kappa shape index (κ2) is 4.74. The third kappa shape index (κ3) is 2.47. The van der Waals surface area contributed by atoms with Crippen molar-refractivity contribution in [2.75, 3.05) is 6.61 Å². The monoisotopic (exact) mass is 222 g/mol. The summed E-state index contributed by atoms with van der Waals surface area (Å²) in [6.45, 7) is 4.57. The van der Waals surface area contributed by atoms with Crippen molar-refractivity contribution in [3.05, 3.63) is 23.3 Å². The highest BCUT2D eigenvalue weighted by atomic mass is 16.7. The van der Waals surface area contributed by atoms with E-state index in [-0.39, 0.29) is 6.29 Å². The van der Waals surface area contributed by atoms with E-state index < -0.39 is 0 Å². The van der Waals surface area contributed by atoms with Crippen LogP contribution in [0.2, 0.25) is 0 Å². The Morgan fingerprint density at radius 1 is 1.25 bits per heavy atom. The van der Waals surface area contributed by atoms with Gasteiger partial charge in [0.25, 0.3) is 0 Å². The molecular formula is C13H18O3. The van der Waals surface area contributed by atoms with Crippen LogP contribution in [0.4, 0.5) is 0 Å². The van der Waals surface area contributed by atoms with Crippen LogP contribution in [0.5, 0.6) is 11.5 Å². The number of rotatable bonds is 2. The van der Waals surface area contributed by atoms with Crippen LogP contribution >= 0.6 is 0 Å². The van der Waals surface area contributed by atoms with Gasteiger partial charge in [-0.15, -0.1) is 0 Å². The molecule has 16 heavy (non-hydrogen) atoms. The Bertz CT molecular complexity index is 368. The molecule has 0 aromatic heterocycles. The maximum absolute atomic E-state index is 9.54. The molecular weight excluding hydrogens is 204 g/mol. The SMILES string of the molecule is Cc1cc(OC2CCCCO2)c(C)cc1O. The largest absolute Gasteiger partial charge is 0.508 e. The lowest BCUT2D eigenvalue weighted by Crippen LogP contribution is -2.25. The van der Waals surface area contributed by atoms with E-state index in [9.17, 15) is 5.11 Å². The highest BCUT2D eigenvalue weighted by Gasteiger charge is 2.16. The van der Waals surface area contributed by atoms with Gasteiger partial charge in [0, 0.05) is 6.42 Å². The molecule has 1 heterocycles. The predicted octanol–water partition coefficient (Wildman–Crippen LogP) is 2.91. The summed E-state index contributed by atoms with van der Waals surface area (Å²) in [4.78, 5) is 0. The van der Waals surface area contributed by atoms with Crippen LogP contribution in [-0.2, 0) is 4.74 Å². The van der Waals surface area contributed by atoms with Crippen molar-refractivity contribution < 1.29 is 14.6 Å². The quantitative estimate of drug-likeness (QED) is 0.836. The van der Waals surface area contributed by atoms with Gasteiger partial charge in [0.15, 0.2) is 6.29 Å². The lowest BCUT2D eigenvalue weighted by molar-refractivity contribution is -0.106. The first-order valence-electron chi connectivity index (χ1n) is 5.75. The van der Waals surface area contributed by atoms with Gasteiger partial charge < -0.3 is 14.6 Å². The van der Waals surface area contributed by atoms with Crippen LogP contribution in [0.25, 0.3) is 0 Å². The second-order valence-corrected chi connectivity index (χ2v) is 4.32. The molecule has 0 aliphatic carbocycles. The number of phenolic OH excluding ortho intramolecular Hbond substituents is 1. The molecule has 1 saturated heterocycles. The number of benzene rings is 1. The highest BCUT2D eigenvalue weighted by molar-refractivity contribution is 5.44. The lowest BCUT2D eigenvalue weighted by atomic mass is 10.1. The topological polar surface area (TPSA) is 38.7 Å². The van der Waals surface area contributed by atoms with Crippen LogP contribution in [0, 0.1) is 13.8 Å². The molecule has 1 aromatic rings. The summed E-state index contributed by atoms with van der Waals surface area (Å²) in [5.74, 6) is 1.12. The van der Waals surface area contributed by atoms with E-state index in [2.05, 4.69) is 0 Å². The normalized spacial score (nSPS) is 20.8. The molecule has 1 atom stereocenters. The maximum Gasteiger partial charge on any atom is 0.199 e. The first-order valence-corrected chi connectivity index (χ1v) is 5.75. The van der Waals surface area contributed by atoms with Crippen molar-refractivity contribution in [3.63, 3.8) is 0 Å². The van der Waals surface area contributed by atoms with Gasteiger partial charge in [-0.05, 0) is 49.9 Å². The van der Waals surface area contributed by atoms with Gasteiger partial charge in [-0.1, -0.05) is 0 Å². The van der Waals surface area contributed by atoms with Crippen molar-refractivity contribution in [2.24, 2.45) is 0 Å². The molecule has 0 bridgehead atoms. The van der Waals surface area contributed by atoms with E-state index in [1.165, 1.54) is 0 Å². The number of hydrogen-bond donors (Lipinski definition) is 1. The number of aromatic hydroxyl groups is 1.